The van der Waals surface area contributed by atoms with Crippen LogP contribution in [0.5, 0.6) is 5.75 Å². The molecular weight excluding hydrogens is 474 g/mol. The van der Waals surface area contributed by atoms with Gasteiger partial charge in [0, 0.05) is 23.7 Å². The SMILES string of the molecule is COCCN1C(=O)C(=O)/C(=C(/O)c2ccc(OCC(C)C)c(C)c2)C1c1cccc(Br)c1. The number of aryl methyl sites for hydroxylation is 1. The van der Waals surface area contributed by atoms with E-state index < -0.39 is 17.7 Å². The second-order valence-corrected chi connectivity index (χ2v) is 9.14. The summed E-state index contributed by atoms with van der Waals surface area (Å²) in [5.41, 5.74) is 2.09. The monoisotopic (exact) mass is 501 g/mol. The summed E-state index contributed by atoms with van der Waals surface area (Å²) in [5, 5.41) is 11.2. The molecule has 1 saturated heterocycles. The number of rotatable bonds is 8. The number of aliphatic hydroxyl groups is 1. The molecule has 0 aliphatic carbocycles. The Labute approximate surface area is 197 Å². The van der Waals surface area contributed by atoms with Gasteiger partial charge in [0.05, 0.1) is 24.8 Å². The van der Waals surface area contributed by atoms with Gasteiger partial charge >= 0.3 is 0 Å². The molecule has 7 heteroatoms. The fraction of sp³-hybridized carbons (Fsp3) is 0.360. The van der Waals surface area contributed by atoms with Gasteiger partial charge in [-0.15, -0.1) is 0 Å². The van der Waals surface area contributed by atoms with Crippen LogP contribution in [0.3, 0.4) is 0 Å². The van der Waals surface area contributed by atoms with Gasteiger partial charge in [-0.1, -0.05) is 41.9 Å². The number of nitrogens with zero attached hydrogens (tertiary/aromatic N) is 1. The molecule has 1 aliphatic rings. The Bertz CT molecular complexity index is 1050. The highest BCUT2D eigenvalue weighted by molar-refractivity contribution is 9.10. The zero-order chi connectivity index (χ0) is 23.4. The standard InChI is InChI=1S/C25H28BrNO5/c1-15(2)14-32-20-9-8-18(12-16(20)3)23(28)21-22(17-6-5-7-19(26)13-17)27(10-11-31-4)25(30)24(21)29/h5-9,12-13,15,22,28H,10-11,14H2,1-4H3/b23-21+. The van der Waals surface area contributed by atoms with E-state index in [4.69, 9.17) is 9.47 Å². The third-order valence-electron chi connectivity index (χ3n) is 5.26. The minimum Gasteiger partial charge on any atom is -0.507 e. The van der Waals surface area contributed by atoms with E-state index in [2.05, 4.69) is 29.8 Å². The van der Waals surface area contributed by atoms with Crippen LogP contribution < -0.4 is 4.74 Å². The first-order valence-corrected chi connectivity index (χ1v) is 11.3. The van der Waals surface area contributed by atoms with Crippen LogP contribution in [0.15, 0.2) is 52.5 Å². The van der Waals surface area contributed by atoms with Crippen molar-refractivity contribution in [2.75, 3.05) is 26.9 Å². The summed E-state index contributed by atoms with van der Waals surface area (Å²) in [6.45, 7) is 7.11. The normalized spacial score (nSPS) is 17.9. The van der Waals surface area contributed by atoms with Crippen molar-refractivity contribution in [1.29, 1.82) is 0 Å². The molecule has 0 spiro atoms. The van der Waals surface area contributed by atoms with Crippen molar-refractivity contribution in [3.8, 4) is 5.75 Å². The Morgan fingerprint density at radius 1 is 1.19 bits per heavy atom. The number of halogens is 1. The molecule has 1 aliphatic heterocycles. The molecule has 2 aromatic rings. The number of Topliss-reactive ketones (excluding diaryl/α,β-unsaturated/α-hetero) is 1. The highest BCUT2D eigenvalue weighted by atomic mass is 79.9. The van der Waals surface area contributed by atoms with Gasteiger partial charge in [0.15, 0.2) is 0 Å². The average Bonchev–Trinajstić information content (AvgIpc) is 3.01. The van der Waals surface area contributed by atoms with Crippen molar-refractivity contribution in [2.24, 2.45) is 5.92 Å². The van der Waals surface area contributed by atoms with Crippen LogP contribution >= 0.6 is 15.9 Å². The number of benzene rings is 2. The molecule has 0 aromatic heterocycles. The summed E-state index contributed by atoms with van der Waals surface area (Å²) in [5.74, 6) is -0.453. The number of methoxy groups -OCH3 is 1. The second-order valence-electron chi connectivity index (χ2n) is 8.23. The van der Waals surface area contributed by atoms with Gasteiger partial charge < -0.3 is 19.5 Å². The second kappa shape index (κ2) is 10.3. The van der Waals surface area contributed by atoms with Gasteiger partial charge in [-0.05, 0) is 54.3 Å². The van der Waals surface area contributed by atoms with Crippen LogP contribution in [0, 0.1) is 12.8 Å². The first-order chi connectivity index (χ1) is 15.2. The van der Waals surface area contributed by atoms with Crippen LogP contribution in [0.25, 0.3) is 5.76 Å². The summed E-state index contributed by atoms with van der Waals surface area (Å²) in [4.78, 5) is 27.3. The lowest BCUT2D eigenvalue weighted by molar-refractivity contribution is -0.140. The number of ketones is 1. The maximum atomic E-state index is 13.0. The van der Waals surface area contributed by atoms with E-state index in [0.717, 1.165) is 21.3 Å². The van der Waals surface area contributed by atoms with Crippen molar-refractivity contribution in [3.05, 3.63) is 69.2 Å². The molecule has 32 heavy (non-hydrogen) atoms. The molecule has 170 valence electrons. The van der Waals surface area contributed by atoms with Gasteiger partial charge in [-0.2, -0.15) is 0 Å². The maximum absolute atomic E-state index is 13.0. The van der Waals surface area contributed by atoms with E-state index in [9.17, 15) is 14.7 Å². The predicted octanol–water partition coefficient (Wildman–Crippen LogP) is 4.86. The van der Waals surface area contributed by atoms with Gasteiger partial charge in [0.25, 0.3) is 11.7 Å². The van der Waals surface area contributed by atoms with Gasteiger partial charge in [0.2, 0.25) is 0 Å². The van der Waals surface area contributed by atoms with E-state index in [-0.39, 0.29) is 24.5 Å². The summed E-state index contributed by atoms with van der Waals surface area (Å²) >= 11 is 3.45. The van der Waals surface area contributed by atoms with E-state index in [0.29, 0.717) is 18.1 Å². The smallest absolute Gasteiger partial charge is 0.295 e. The minimum absolute atomic E-state index is 0.0689. The molecular formula is C25H28BrNO5. The first-order valence-electron chi connectivity index (χ1n) is 10.5. The number of hydrogen-bond acceptors (Lipinski definition) is 5. The summed E-state index contributed by atoms with van der Waals surface area (Å²) in [6, 6.07) is 11.9. The Kier molecular flexibility index (Phi) is 7.74. The summed E-state index contributed by atoms with van der Waals surface area (Å²) in [6.07, 6.45) is 0. The Hall–Kier alpha value is -2.64. The van der Waals surface area contributed by atoms with Crippen molar-refractivity contribution >= 4 is 33.4 Å². The third kappa shape index (κ3) is 5.05. The van der Waals surface area contributed by atoms with Crippen molar-refractivity contribution < 1.29 is 24.2 Å². The first kappa shape index (κ1) is 24.0. The van der Waals surface area contributed by atoms with Gasteiger partial charge in [-0.3, -0.25) is 9.59 Å². The topological polar surface area (TPSA) is 76.1 Å². The van der Waals surface area contributed by atoms with Crippen LogP contribution in [-0.4, -0.2) is 48.6 Å². The zero-order valence-corrected chi connectivity index (χ0v) is 20.3. The quantitative estimate of drug-likeness (QED) is 0.317. The molecule has 3 rings (SSSR count). The van der Waals surface area contributed by atoms with E-state index in [1.54, 1.807) is 18.2 Å². The number of amides is 1. The Balaban J connectivity index is 2.08. The van der Waals surface area contributed by atoms with Crippen LogP contribution in [-0.2, 0) is 14.3 Å². The molecule has 1 atom stereocenters. The zero-order valence-electron chi connectivity index (χ0n) is 18.7. The number of hydrogen-bond donors (Lipinski definition) is 1. The molecule has 1 N–H and O–H groups in total. The third-order valence-corrected chi connectivity index (χ3v) is 5.75. The number of carbonyl (C=O) groups is 2. The molecule has 6 nitrogen and oxygen atoms in total. The predicted molar refractivity (Wildman–Crippen MR) is 127 cm³/mol. The van der Waals surface area contributed by atoms with Crippen LogP contribution in [0.2, 0.25) is 0 Å². The molecule has 1 fully saturated rings. The van der Waals surface area contributed by atoms with Crippen molar-refractivity contribution in [1.82, 2.24) is 4.90 Å². The Morgan fingerprint density at radius 2 is 1.94 bits per heavy atom. The highest BCUT2D eigenvalue weighted by Gasteiger charge is 2.45. The lowest BCUT2D eigenvalue weighted by atomic mass is 9.95. The molecule has 1 unspecified atom stereocenters. The van der Waals surface area contributed by atoms with Crippen molar-refractivity contribution in [3.63, 3.8) is 0 Å². The lowest BCUT2D eigenvalue weighted by Crippen LogP contribution is -2.32. The molecule has 0 radical (unpaired) electrons. The lowest BCUT2D eigenvalue weighted by Gasteiger charge is -2.25. The molecule has 1 heterocycles. The fourth-order valence-corrected chi connectivity index (χ4v) is 4.11. The minimum atomic E-state index is -0.708. The molecule has 0 saturated carbocycles. The fourth-order valence-electron chi connectivity index (χ4n) is 3.69. The number of ether oxygens (including phenoxy) is 2. The number of likely N-dealkylation sites (tertiary alicyclic amines) is 1. The van der Waals surface area contributed by atoms with E-state index >= 15 is 0 Å². The van der Waals surface area contributed by atoms with Crippen LogP contribution in [0.1, 0.15) is 36.6 Å². The van der Waals surface area contributed by atoms with Crippen LogP contribution in [0.4, 0.5) is 0 Å². The number of carbonyl (C=O) groups excluding carboxylic acids is 2. The Morgan fingerprint density at radius 3 is 2.56 bits per heavy atom. The maximum Gasteiger partial charge on any atom is 0.295 e. The molecule has 2 aromatic carbocycles. The van der Waals surface area contributed by atoms with Gasteiger partial charge in [0.1, 0.15) is 11.5 Å². The molecule has 0 bridgehead atoms. The summed E-state index contributed by atoms with van der Waals surface area (Å²) in [7, 11) is 1.54. The highest BCUT2D eigenvalue weighted by Crippen LogP contribution is 2.40. The average molecular weight is 502 g/mol. The van der Waals surface area contributed by atoms with E-state index in [1.165, 1.54) is 12.0 Å². The number of aliphatic hydroxyl groups excluding tert-OH is 1. The summed E-state index contributed by atoms with van der Waals surface area (Å²) < 4.78 is 11.8. The van der Waals surface area contributed by atoms with Crippen molar-refractivity contribution in [2.45, 2.75) is 26.8 Å². The van der Waals surface area contributed by atoms with E-state index in [1.807, 2.05) is 31.2 Å². The largest absolute Gasteiger partial charge is 0.507 e. The van der Waals surface area contributed by atoms with Gasteiger partial charge in [-0.25, -0.2) is 0 Å². The molecule has 1 amide bonds.